The Morgan fingerprint density at radius 1 is 1.12 bits per heavy atom. The number of anilines is 1. The van der Waals surface area contributed by atoms with Crippen LogP contribution in [0.3, 0.4) is 0 Å². The zero-order valence-corrected chi connectivity index (χ0v) is 20.6. The van der Waals surface area contributed by atoms with E-state index in [0.717, 1.165) is 49.2 Å². The Bertz CT molecular complexity index is 1340. The number of fused-ring (bicyclic) bond motifs is 1. The van der Waals surface area contributed by atoms with Crippen LogP contribution in [0.15, 0.2) is 35.2 Å². The van der Waals surface area contributed by atoms with Gasteiger partial charge in [0.1, 0.15) is 0 Å². The lowest BCUT2D eigenvalue weighted by Crippen LogP contribution is -2.48. The smallest absolute Gasteiger partial charge is 0.256 e. The fraction of sp³-hybridized carbons (Fsp3) is 0.458. The van der Waals surface area contributed by atoms with Gasteiger partial charge in [0.2, 0.25) is 10.0 Å². The second kappa shape index (κ2) is 8.75. The van der Waals surface area contributed by atoms with Crippen LogP contribution < -0.4 is 5.32 Å². The first kappa shape index (κ1) is 22.9. The van der Waals surface area contributed by atoms with Crippen LogP contribution in [0, 0.1) is 6.92 Å². The predicted molar refractivity (Wildman–Crippen MR) is 130 cm³/mol. The molecule has 1 aromatic carbocycles. The number of benzene rings is 1. The average molecular weight is 483 g/mol. The maximum atomic E-state index is 13.3. The Balaban J connectivity index is 1.37. The molecule has 2 aliphatic rings. The highest BCUT2D eigenvalue weighted by Gasteiger charge is 2.29. The summed E-state index contributed by atoms with van der Waals surface area (Å²) in [5.74, 6) is 0.145. The minimum atomic E-state index is -3.56. The maximum Gasteiger partial charge on any atom is 0.256 e. The van der Waals surface area contributed by atoms with Crippen LogP contribution in [-0.4, -0.2) is 71.0 Å². The van der Waals surface area contributed by atoms with E-state index in [-0.39, 0.29) is 10.8 Å². The van der Waals surface area contributed by atoms with Gasteiger partial charge in [0.15, 0.2) is 5.65 Å². The lowest BCUT2D eigenvalue weighted by atomic mass is 10.1. The third-order valence-corrected chi connectivity index (χ3v) is 8.67. The fourth-order valence-corrected chi connectivity index (χ4v) is 6.00. The van der Waals surface area contributed by atoms with E-state index in [2.05, 4.69) is 22.2 Å². The molecule has 1 N–H and O–H groups in total. The summed E-state index contributed by atoms with van der Waals surface area (Å²) in [5, 5.41) is 8.13. The molecular formula is C24H30N6O3S. The zero-order valence-electron chi connectivity index (χ0n) is 19.8. The van der Waals surface area contributed by atoms with Crippen molar-refractivity contribution in [2.24, 2.45) is 7.05 Å². The highest BCUT2D eigenvalue weighted by Crippen LogP contribution is 2.40. The predicted octanol–water partition coefficient (Wildman–Crippen LogP) is 2.73. The summed E-state index contributed by atoms with van der Waals surface area (Å²) in [6.07, 6.45) is 2.17. The second-order valence-corrected chi connectivity index (χ2v) is 11.0. The molecule has 0 atom stereocenters. The van der Waals surface area contributed by atoms with E-state index in [1.165, 1.54) is 4.31 Å². The average Bonchev–Trinajstić information content (AvgIpc) is 3.65. The molecule has 180 valence electrons. The largest absolute Gasteiger partial charge is 0.322 e. The van der Waals surface area contributed by atoms with E-state index in [0.29, 0.717) is 35.9 Å². The molecule has 1 saturated carbocycles. The summed E-state index contributed by atoms with van der Waals surface area (Å²) in [6.45, 7) is 7.32. The van der Waals surface area contributed by atoms with Gasteiger partial charge in [-0.2, -0.15) is 9.40 Å². The minimum Gasteiger partial charge on any atom is -0.322 e. The van der Waals surface area contributed by atoms with Crippen LogP contribution in [0.1, 0.15) is 47.4 Å². The van der Waals surface area contributed by atoms with Crippen molar-refractivity contribution in [3.8, 4) is 0 Å². The number of piperazine rings is 1. The molecule has 1 aliphatic heterocycles. The molecule has 10 heteroatoms. The third kappa shape index (κ3) is 4.21. The fourth-order valence-electron chi connectivity index (χ4n) is 4.58. The van der Waals surface area contributed by atoms with Gasteiger partial charge in [-0.3, -0.25) is 9.48 Å². The van der Waals surface area contributed by atoms with E-state index >= 15 is 0 Å². The van der Waals surface area contributed by atoms with Gasteiger partial charge in [-0.05, 0) is 56.6 Å². The number of aromatic nitrogens is 3. The van der Waals surface area contributed by atoms with Crippen LogP contribution >= 0.6 is 0 Å². The SMILES string of the molecule is CCN1CCN(S(=O)(=O)c2ccc(NC(=O)c3cc(C4CC4)nc4c3c(C)nn4C)cc2)CC1. The van der Waals surface area contributed by atoms with Gasteiger partial charge in [0.05, 0.1) is 21.5 Å². The highest BCUT2D eigenvalue weighted by molar-refractivity contribution is 7.89. The van der Waals surface area contributed by atoms with Crippen molar-refractivity contribution in [1.82, 2.24) is 24.0 Å². The van der Waals surface area contributed by atoms with Crippen molar-refractivity contribution < 1.29 is 13.2 Å². The monoisotopic (exact) mass is 482 g/mol. The molecule has 0 spiro atoms. The molecular weight excluding hydrogens is 452 g/mol. The first-order chi connectivity index (χ1) is 16.3. The third-order valence-electron chi connectivity index (χ3n) is 6.76. The lowest BCUT2D eigenvalue weighted by Gasteiger charge is -2.33. The van der Waals surface area contributed by atoms with Gasteiger partial charge < -0.3 is 10.2 Å². The number of carbonyl (C=O) groups excluding carboxylic acids is 1. The zero-order chi connectivity index (χ0) is 24.0. The normalized spacial score (nSPS) is 17.9. The van der Waals surface area contributed by atoms with Crippen LogP contribution in [0.4, 0.5) is 5.69 Å². The van der Waals surface area contributed by atoms with Gasteiger partial charge in [-0.15, -0.1) is 0 Å². The molecule has 3 heterocycles. The van der Waals surface area contributed by atoms with Gasteiger partial charge >= 0.3 is 0 Å². The van der Waals surface area contributed by atoms with Crippen LogP contribution in [0.5, 0.6) is 0 Å². The summed E-state index contributed by atoms with van der Waals surface area (Å²) >= 11 is 0. The van der Waals surface area contributed by atoms with E-state index in [1.54, 1.807) is 28.9 Å². The molecule has 1 aliphatic carbocycles. The standard InChI is InChI=1S/C24H30N6O3S/c1-4-29-11-13-30(14-12-29)34(32,33)19-9-7-18(8-10-19)25-24(31)20-15-21(17-5-6-17)26-23-22(20)16(2)27-28(23)3/h7-10,15,17H,4-6,11-14H2,1-3H3,(H,25,31). The van der Waals surface area contributed by atoms with Crippen LogP contribution in [0.25, 0.3) is 11.0 Å². The summed E-state index contributed by atoms with van der Waals surface area (Å²) in [5.41, 5.74) is 3.46. The molecule has 5 rings (SSSR count). The number of sulfonamides is 1. The Morgan fingerprint density at radius 2 is 1.79 bits per heavy atom. The van der Waals surface area contributed by atoms with Crippen molar-refractivity contribution in [3.05, 3.63) is 47.3 Å². The Hall–Kier alpha value is -2.82. The van der Waals surface area contributed by atoms with Crippen molar-refractivity contribution >= 4 is 32.7 Å². The van der Waals surface area contributed by atoms with E-state index in [4.69, 9.17) is 4.98 Å². The number of likely N-dealkylation sites (N-methyl/N-ethyl adjacent to an activating group) is 1. The molecule has 1 amide bonds. The van der Waals surface area contributed by atoms with Crippen molar-refractivity contribution in [3.63, 3.8) is 0 Å². The number of pyridine rings is 1. The van der Waals surface area contributed by atoms with Crippen molar-refractivity contribution in [2.45, 2.75) is 37.5 Å². The van der Waals surface area contributed by atoms with Gasteiger partial charge in [-0.1, -0.05) is 6.92 Å². The van der Waals surface area contributed by atoms with E-state index in [9.17, 15) is 13.2 Å². The quantitative estimate of drug-likeness (QED) is 0.580. The topological polar surface area (TPSA) is 100 Å². The van der Waals surface area contributed by atoms with Crippen LogP contribution in [0.2, 0.25) is 0 Å². The number of hydrogen-bond donors (Lipinski definition) is 1. The molecule has 2 fully saturated rings. The summed E-state index contributed by atoms with van der Waals surface area (Å²) < 4.78 is 29.3. The Morgan fingerprint density at radius 3 is 2.41 bits per heavy atom. The molecule has 0 bridgehead atoms. The van der Waals surface area contributed by atoms with E-state index < -0.39 is 10.0 Å². The number of nitrogens with one attached hydrogen (secondary N) is 1. The van der Waals surface area contributed by atoms with Gasteiger partial charge in [0.25, 0.3) is 5.91 Å². The molecule has 0 radical (unpaired) electrons. The second-order valence-electron chi connectivity index (χ2n) is 9.09. The molecule has 1 saturated heterocycles. The first-order valence-corrected chi connectivity index (χ1v) is 13.2. The Labute approximate surface area is 199 Å². The molecule has 9 nitrogen and oxygen atoms in total. The number of hydrogen-bond acceptors (Lipinski definition) is 6. The van der Waals surface area contributed by atoms with E-state index in [1.807, 2.05) is 20.0 Å². The number of amides is 1. The van der Waals surface area contributed by atoms with Gasteiger partial charge in [-0.25, -0.2) is 13.4 Å². The van der Waals surface area contributed by atoms with Crippen molar-refractivity contribution in [1.29, 1.82) is 0 Å². The van der Waals surface area contributed by atoms with Crippen LogP contribution in [-0.2, 0) is 17.1 Å². The summed E-state index contributed by atoms with van der Waals surface area (Å²) in [6, 6.07) is 8.28. The van der Waals surface area contributed by atoms with Crippen molar-refractivity contribution in [2.75, 3.05) is 38.0 Å². The molecule has 0 unspecified atom stereocenters. The minimum absolute atomic E-state index is 0.237. The Kier molecular flexibility index (Phi) is 5.91. The molecule has 34 heavy (non-hydrogen) atoms. The maximum absolute atomic E-state index is 13.3. The summed E-state index contributed by atoms with van der Waals surface area (Å²) in [4.78, 5) is 20.5. The first-order valence-electron chi connectivity index (χ1n) is 11.8. The number of rotatable bonds is 6. The molecule has 3 aromatic rings. The highest BCUT2D eigenvalue weighted by atomic mass is 32.2. The molecule has 2 aromatic heterocycles. The number of aryl methyl sites for hydroxylation is 2. The van der Waals surface area contributed by atoms with Gasteiger partial charge in [0, 0.05) is 50.5 Å². The lowest BCUT2D eigenvalue weighted by molar-refractivity contribution is 0.102. The number of nitrogens with zero attached hydrogens (tertiary/aromatic N) is 5. The summed E-state index contributed by atoms with van der Waals surface area (Å²) in [7, 11) is -1.72. The number of carbonyl (C=O) groups is 1.